The molecule has 1 fully saturated rings. The molecular weight excluding hydrogens is 756 g/mol. The lowest BCUT2D eigenvalue weighted by molar-refractivity contribution is -0.160. The normalized spacial score (nSPS) is 16.6. The number of fused-ring (bicyclic) bond motifs is 1. The van der Waals surface area contributed by atoms with Crippen molar-refractivity contribution in [3.63, 3.8) is 0 Å². The van der Waals surface area contributed by atoms with Gasteiger partial charge in [-0.05, 0) is 49.3 Å². The largest absolute Gasteiger partial charge is 0.489 e. The molecule has 2 aliphatic rings. The van der Waals surface area contributed by atoms with Crippen LogP contribution in [0.4, 0.5) is 9.59 Å². The van der Waals surface area contributed by atoms with E-state index in [4.69, 9.17) is 18.9 Å². The van der Waals surface area contributed by atoms with Crippen molar-refractivity contribution in [3.8, 4) is 22.6 Å². The van der Waals surface area contributed by atoms with Crippen LogP contribution >= 0.6 is 0 Å². The number of Topliss-reactive ketones (excluding diaryl/α,β-unsaturated/α-hetero) is 2. The number of hydrogen-bond acceptors (Lipinski definition) is 13. The van der Waals surface area contributed by atoms with Crippen molar-refractivity contribution in [1.82, 2.24) is 20.4 Å². The first-order valence-electron chi connectivity index (χ1n) is 18.8. The summed E-state index contributed by atoms with van der Waals surface area (Å²) in [4.78, 5) is 92.6. The van der Waals surface area contributed by atoms with Crippen molar-refractivity contribution in [2.45, 2.75) is 65.1 Å². The minimum absolute atomic E-state index is 0.0132. The van der Waals surface area contributed by atoms with Crippen LogP contribution < -0.4 is 20.1 Å². The number of ether oxygens (including phenoxy) is 6. The van der Waals surface area contributed by atoms with Crippen molar-refractivity contribution in [1.29, 1.82) is 0 Å². The molecule has 1 saturated heterocycles. The Bertz CT molecular complexity index is 1910. The maximum atomic E-state index is 13.5. The lowest BCUT2D eigenvalue weighted by Crippen LogP contribution is -2.58. The number of benzene rings is 2. The number of nitrogens with zero attached hydrogens (tertiary/aromatic N) is 2. The number of amides is 4. The summed E-state index contributed by atoms with van der Waals surface area (Å²) in [6.45, 7) is 11.6. The molecule has 3 atom stereocenters. The second-order valence-electron chi connectivity index (χ2n) is 14.8. The van der Waals surface area contributed by atoms with Crippen LogP contribution in [0.5, 0.6) is 11.5 Å². The minimum atomic E-state index is -1.36. The zero-order chi connectivity index (χ0) is 42.9. The number of hydrogen-bond donors (Lipinski definition) is 2. The van der Waals surface area contributed by atoms with E-state index in [1.807, 2.05) is 0 Å². The van der Waals surface area contributed by atoms with Crippen molar-refractivity contribution in [3.05, 3.63) is 59.9 Å². The maximum absolute atomic E-state index is 13.5. The highest BCUT2D eigenvalue weighted by molar-refractivity contribution is 6.03. The summed E-state index contributed by atoms with van der Waals surface area (Å²) in [6, 6.07) is 8.06. The SMILES string of the molecule is C=C(CN(C)C(=O)[C@@H](NC(=O)OC)C(C)C)OCC(=O)c1ccc(-c2ccc(C(=O)COC(=O)[C@]3(C)CCCN3C(=O)[C@@H](NC(=O)OC)C(C)C)c3c2OCO3)cc1. The van der Waals surface area contributed by atoms with Gasteiger partial charge in [-0.25, -0.2) is 14.4 Å². The summed E-state index contributed by atoms with van der Waals surface area (Å²) in [6.07, 6.45) is -0.673. The molecule has 0 aromatic heterocycles. The lowest BCUT2D eigenvalue weighted by atomic mass is 9.96. The van der Waals surface area contributed by atoms with Crippen LogP contribution in [0.1, 0.15) is 68.2 Å². The second-order valence-corrected chi connectivity index (χ2v) is 14.8. The van der Waals surface area contributed by atoms with Crippen LogP contribution in [0.2, 0.25) is 0 Å². The molecular formula is C41H52N4O13. The number of alkyl carbamates (subject to hydrolysis) is 2. The van der Waals surface area contributed by atoms with Crippen LogP contribution in [-0.2, 0) is 33.3 Å². The molecule has 2 N–H and O–H groups in total. The van der Waals surface area contributed by atoms with E-state index in [1.165, 1.54) is 37.1 Å². The Morgan fingerprint density at radius 3 is 2.02 bits per heavy atom. The Balaban J connectivity index is 1.37. The average molecular weight is 809 g/mol. The number of nitrogens with one attached hydrogen (secondary N) is 2. The van der Waals surface area contributed by atoms with Gasteiger partial charge < -0.3 is 48.9 Å². The van der Waals surface area contributed by atoms with E-state index >= 15 is 0 Å². The molecule has 0 spiro atoms. The summed E-state index contributed by atoms with van der Waals surface area (Å²) in [5, 5.41) is 5.06. The zero-order valence-electron chi connectivity index (χ0n) is 34.1. The standard InChI is InChI=1S/C41H52N4O13/c1-23(2)32(42-39(51)53-8)36(48)44(7)19-25(5)55-20-30(46)27-13-11-26(12-14-27)28-15-16-29(35-34(28)57-22-58-35)31(47)21-56-38(50)41(6)17-10-18-45(41)37(49)33(24(3)4)43-40(52)54-9/h11-16,23-24,32-33H,5,10,17-22H2,1-4,6-9H3,(H,42,51)(H,43,52)/t32-,33-,41-/m0/s1. The van der Waals surface area contributed by atoms with E-state index in [2.05, 4.69) is 26.7 Å². The van der Waals surface area contributed by atoms with E-state index in [0.29, 0.717) is 35.3 Å². The molecule has 4 amide bonds. The number of likely N-dealkylation sites (N-methyl/N-ethyl adjacent to an activating group) is 1. The van der Waals surface area contributed by atoms with Gasteiger partial charge in [0.25, 0.3) is 0 Å². The summed E-state index contributed by atoms with van der Waals surface area (Å²) >= 11 is 0. The van der Waals surface area contributed by atoms with Gasteiger partial charge in [0.15, 0.2) is 30.5 Å². The van der Waals surface area contributed by atoms with Gasteiger partial charge in [-0.1, -0.05) is 58.5 Å². The molecule has 4 rings (SSSR count). The number of methoxy groups -OCH3 is 2. The molecule has 0 radical (unpaired) electrons. The summed E-state index contributed by atoms with van der Waals surface area (Å²) in [7, 11) is 3.93. The van der Waals surface area contributed by atoms with Gasteiger partial charge in [-0.2, -0.15) is 0 Å². The average Bonchev–Trinajstić information content (AvgIpc) is 3.86. The highest BCUT2D eigenvalue weighted by atomic mass is 16.7. The fraction of sp³-hybridized carbons (Fsp3) is 0.488. The Morgan fingerprint density at radius 1 is 0.828 bits per heavy atom. The van der Waals surface area contributed by atoms with Gasteiger partial charge in [0.2, 0.25) is 24.4 Å². The van der Waals surface area contributed by atoms with Gasteiger partial charge in [0, 0.05) is 24.7 Å². The Morgan fingerprint density at radius 2 is 1.41 bits per heavy atom. The molecule has 0 saturated carbocycles. The first-order chi connectivity index (χ1) is 27.4. The van der Waals surface area contributed by atoms with Gasteiger partial charge in [-0.15, -0.1) is 0 Å². The van der Waals surface area contributed by atoms with Crippen molar-refractivity contribution >= 4 is 41.5 Å². The molecule has 0 bridgehead atoms. The molecule has 2 aromatic rings. The topological polar surface area (TPSA) is 205 Å². The molecule has 0 unspecified atom stereocenters. The van der Waals surface area contributed by atoms with Crippen LogP contribution in [0.25, 0.3) is 11.1 Å². The van der Waals surface area contributed by atoms with Crippen LogP contribution in [0.15, 0.2) is 48.7 Å². The van der Waals surface area contributed by atoms with Gasteiger partial charge >= 0.3 is 18.2 Å². The van der Waals surface area contributed by atoms with Crippen LogP contribution in [0, 0.1) is 11.8 Å². The molecule has 0 aliphatic carbocycles. The number of rotatable bonds is 17. The predicted octanol–water partition coefficient (Wildman–Crippen LogP) is 4.12. The van der Waals surface area contributed by atoms with Gasteiger partial charge in [0.1, 0.15) is 23.4 Å². The molecule has 2 aromatic carbocycles. The number of ketones is 2. The zero-order valence-corrected chi connectivity index (χ0v) is 34.1. The number of esters is 1. The molecule has 2 aliphatic heterocycles. The number of likely N-dealkylation sites (tertiary alicyclic amines) is 1. The van der Waals surface area contributed by atoms with E-state index in [-0.39, 0.29) is 67.1 Å². The second kappa shape index (κ2) is 19.3. The van der Waals surface area contributed by atoms with Crippen molar-refractivity contribution in [2.24, 2.45) is 11.8 Å². The van der Waals surface area contributed by atoms with E-state index < -0.39 is 54.1 Å². The third kappa shape index (κ3) is 10.2. The number of carbonyl (C=O) groups is 7. The van der Waals surface area contributed by atoms with Crippen LogP contribution in [-0.4, -0.2) is 123 Å². The first-order valence-corrected chi connectivity index (χ1v) is 18.8. The highest BCUT2D eigenvalue weighted by Gasteiger charge is 2.49. The molecule has 58 heavy (non-hydrogen) atoms. The minimum Gasteiger partial charge on any atom is -0.489 e. The maximum Gasteiger partial charge on any atom is 0.407 e. The summed E-state index contributed by atoms with van der Waals surface area (Å²) in [5.74, 6) is -2.35. The fourth-order valence-electron chi connectivity index (χ4n) is 6.62. The van der Waals surface area contributed by atoms with Gasteiger partial charge in [0.05, 0.1) is 26.3 Å². The molecule has 17 nitrogen and oxygen atoms in total. The van der Waals surface area contributed by atoms with Crippen molar-refractivity contribution in [2.75, 3.05) is 54.4 Å². The fourth-order valence-corrected chi connectivity index (χ4v) is 6.62. The summed E-state index contributed by atoms with van der Waals surface area (Å²) < 4.78 is 31.8. The van der Waals surface area contributed by atoms with E-state index in [9.17, 15) is 33.6 Å². The van der Waals surface area contributed by atoms with Gasteiger partial charge in [-0.3, -0.25) is 19.2 Å². The van der Waals surface area contributed by atoms with Crippen LogP contribution in [0.3, 0.4) is 0 Å². The third-order valence-corrected chi connectivity index (χ3v) is 10.00. The Kier molecular flexibility index (Phi) is 14.9. The lowest BCUT2D eigenvalue weighted by Gasteiger charge is -2.36. The smallest absolute Gasteiger partial charge is 0.407 e. The predicted molar refractivity (Wildman–Crippen MR) is 208 cm³/mol. The Labute approximate surface area is 337 Å². The number of carbonyl (C=O) groups excluding carboxylic acids is 7. The van der Waals surface area contributed by atoms with E-state index in [1.54, 1.807) is 65.0 Å². The third-order valence-electron chi connectivity index (χ3n) is 10.00. The highest BCUT2D eigenvalue weighted by Crippen LogP contribution is 2.44. The quantitative estimate of drug-likeness (QED) is 0.100. The van der Waals surface area contributed by atoms with Crippen molar-refractivity contribution < 1.29 is 62.0 Å². The van der Waals surface area contributed by atoms with E-state index in [0.717, 1.165) is 0 Å². The monoisotopic (exact) mass is 808 g/mol. The first kappa shape index (κ1) is 44.6. The molecule has 17 heteroatoms. The molecule has 314 valence electrons. The summed E-state index contributed by atoms with van der Waals surface area (Å²) in [5.41, 5.74) is 0.371. The molecule has 2 heterocycles. The Hall–Kier alpha value is -6.13.